The summed E-state index contributed by atoms with van der Waals surface area (Å²) in [6.07, 6.45) is 1.28. The monoisotopic (exact) mass is 228 g/mol. The van der Waals surface area contributed by atoms with E-state index in [9.17, 15) is 19.5 Å². The third-order valence-electron chi connectivity index (χ3n) is 1.87. The van der Waals surface area contributed by atoms with Crippen LogP contribution in [0.3, 0.4) is 0 Å². The molecule has 1 aliphatic carbocycles. The van der Waals surface area contributed by atoms with Gasteiger partial charge in [0, 0.05) is 6.42 Å². The molecule has 0 heterocycles. The van der Waals surface area contributed by atoms with Crippen LogP contribution in [0, 0.1) is 0 Å². The summed E-state index contributed by atoms with van der Waals surface area (Å²) < 4.78 is 4.38. The van der Waals surface area contributed by atoms with Gasteiger partial charge in [0.1, 0.15) is 11.3 Å². The largest absolute Gasteiger partial charge is 0.507 e. The molecule has 0 amide bonds. The van der Waals surface area contributed by atoms with Gasteiger partial charge in [-0.3, -0.25) is 0 Å². The number of rotatable bonds is 2. The molecule has 0 fully saturated rings. The van der Waals surface area contributed by atoms with Crippen molar-refractivity contribution in [3.63, 3.8) is 0 Å². The van der Waals surface area contributed by atoms with Gasteiger partial charge in [0.05, 0.1) is 0 Å². The van der Waals surface area contributed by atoms with Gasteiger partial charge in [-0.25, -0.2) is 14.4 Å². The lowest BCUT2D eigenvalue weighted by atomic mass is 10.0. The van der Waals surface area contributed by atoms with E-state index in [0.717, 1.165) is 6.08 Å². The van der Waals surface area contributed by atoms with Crippen molar-refractivity contribution in [2.45, 2.75) is 12.5 Å². The smallest absolute Gasteiger partial charge is 0.418 e. The number of aliphatic hydroxyl groups excluding tert-OH is 1. The van der Waals surface area contributed by atoms with E-state index >= 15 is 0 Å². The Labute approximate surface area is 89.3 Å². The zero-order chi connectivity index (χ0) is 12.3. The van der Waals surface area contributed by atoms with E-state index in [1.807, 2.05) is 0 Å². The first-order valence-electron chi connectivity index (χ1n) is 4.20. The Balaban J connectivity index is 2.85. The maximum Gasteiger partial charge on any atom is 0.418 e. The molecule has 86 valence electrons. The molecule has 0 aromatic heterocycles. The number of carboxylic acid groups (broad SMARTS) is 2. The van der Waals surface area contributed by atoms with Gasteiger partial charge >= 0.3 is 17.9 Å². The molecule has 0 saturated heterocycles. The SMILES string of the molecule is O=C(O)C(=O)OC1CC=CC(C(=O)O)=C1O. The summed E-state index contributed by atoms with van der Waals surface area (Å²) in [7, 11) is 0. The molecule has 1 aliphatic rings. The van der Waals surface area contributed by atoms with Gasteiger partial charge in [0.25, 0.3) is 0 Å². The van der Waals surface area contributed by atoms with Gasteiger partial charge in [0.15, 0.2) is 6.10 Å². The predicted octanol–water partition coefficient (Wildman–Crippen LogP) is -0.161. The second-order valence-corrected chi connectivity index (χ2v) is 2.94. The third-order valence-corrected chi connectivity index (χ3v) is 1.87. The van der Waals surface area contributed by atoms with E-state index < -0.39 is 35.3 Å². The van der Waals surface area contributed by atoms with Gasteiger partial charge in [-0.1, -0.05) is 6.08 Å². The van der Waals surface area contributed by atoms with Gasteiger partial charge in [-0.2, -0.15) is 0 Å². The Morgan fingerprint density at radius 2 is 1.94 bits per heavy atom. The molecule has 7 nitrogen and oxygen atoms in total. The number of hydrogen-bond donors (Lipinski definition) is 3. The molecule has 0 radical (unpaired) electrons. The summed E-state index contributed by atoms with van der Waals surface area (Å²) >= 11 is 0. The number of hydrogen-bond acceptors (Lipinski definition) is 5. The zero-order valence-corrected chi connectivity index (χ0v) is 7.91. The summed E-state index contributed by atoms with van der Waals surface area (Å²) in [5.74, 6) is -5.40. The molecule has 1 unspecified atom stereocenters. The van der Waals surface area contributed by atoms with Crippen molar-refractivity contribution < 1.29 is 34.4 Å². The van der Waals surface area contributed by atoms with Crippen LogP contribution < -0.4 is 0 Å². The maximum absolute atomic E-state index is 10.7. The quantitative estimate of drug-likeness (QED) is 0.443. The third kappa shape index (κ3) is 2.38. The van der Waals surface area contributed by atoms with Crippen molar-refractivity contribution in [2.24, 2.45) is 0 Å². The lowest BCUT2D eigenvalue weighted by molar-refractivity contribution is -0.167. The summed E-state index contributed by atoms with van der Waals surface area (Å²) in [5.41, 5.74) is -0.422. The van der Waals surface area contributed by atoms with E-state index in [0.29, 0.717) is 0 Å². The van der Waals surface area contributed by atoms with E-state index in [2.05, 4.69) is 4.74 Å². The lowest BCUT2D eigenvalue weighted by Crippen LogP contribution is -2.28. The van der Waals surface area contributed by atoms with Crippen LogP contribution >= 0.6 is 0 Å². The Morgan fingerprint density at radius 1 is 1.31 bits per heavy atom. The molecule has 3 N–H and O–H groups in total. The fourth-order valence-electron chi connectivity index (χ4n) is 1.14. The fraction of sp³-hybridized carbons (Fsp3) is 0.222. The molecule has 1 atom stereocenters. The van der Waals surface area contributed by atoms with Crippen molar-refractivity contribution >= 4 is 17.9 Å². The van der Waals surface area contributed by atoms with Crippen molar-refractivity contribution in [1.82, 2.24) is 0 Å². The van der Waals surface area contributed by atoms with Crippen LogP contribution in [-0.2, 0) is 19.1 Å². The number of aliphatic hydroxyl groups is 1. The number of aliphatic carboxylic acids is 2. The minimum Gasteiger partial charge on any atom is -0.507 e. The van der Waals surface area contributed by atoms with E-state index in [4.69, 9.17) is 10.2 Å². The highest BCUT2D eigenvalue weighted by atomic mass is 16.6. The van der Waals surface area contributed by atoms with Crippen LogP contribution in [0.4, 0.5) is 0 Å². The standard InChI is InChI=1S/C9H8O7/c10-6-4(7(11)12)2-1-3-5(6)16-9(15)8(13)14/h1-2,5,10H,3H2,(H,11,12)(H,13,14). The topological polar surface area (TPSA) is 121 Å². The summed E-state index contributed by atoms with van der Waals surface area (Å²) in [6.45, 7) is 0. The molecule has 7 heteroatoms. The number of carbonyl (C=O) groups is 3. The van der Waals surface area contributed by atoms with Gasteiger partial charge < -0.3 is 20.1 Å². The van der Waals surface area contributed by atoms with Crippen LogP contribution in [0.5, 0.6) is 0 Å². The van der Waals surface area contributed by atoms with Crippen LogP contribution in [0.2, 0.25) is 0 Å². The molecule has 16 heavy (non-hydrogen) atoms. The molecule has 0 aromatic rings. The highest BCUT2D eigenvalue weighted by Crippen LogP contribution is 2.20. The Morgan fingerprint density at radius 3 is 2.44 bits per heavy atom. The van der Waals surface area contributed by atoms with Crippen molar-refractivity contribution in [1.29, 1.82) is 0 Å². The molecule has 0 aromatic carbocycles. The Hall–Kier alpha value is -2.31. The first kappa shape index (κ1) is 11.8. The molecule has 0 bridgehead atoms. The van der Waals surface area contributed by atoms with Crippen LogP contribution in [-0.4, -0.2) is 39.3 Å². The minimum absolute atomic E-state index is 0.0294. The summed E-state index contributed by atoms with van der Waals surface area (Å²) in [6, 6.07) is 0. The second-order valence-electron chi connectivity index (χ2n) is 2.94. The van der Waals surface area contributed by atoms with Crippen molar-refractivity contribution in [2.75, 3.05) is 0 Å². The average Bonchev–Trinajstić information content (AvgIpc) is 2.20. The van der Waals surface area contributed by atoms with Crippen molar-refractivity contribution in [3.05, 3.63) is 23.5 Å². The normalized spacial score (nSPS) is 19.4. The van der Waals surface area contributed by atoms with Gasteiger partial charge in [-0.15, -0.1) is 0 Å². The van der Waals surface area contributed by atoms with Crippen molar-refractivity contribution in [3.8, 4) is 0 Å². The van der Waals surface area contributed by atoms with Gasteiger partial charge in [0.2, 0.25) is 0 Å². The molecular formula is C9H8O7. The second kappa shape index (κ2) is 4.47. The fourth-order valence-corrected chi connectivity index (χ4v) is 1.14. The molecule has 0 saturated carbocycles. The number of esters is 1. The van der Waals surface area contributed by atoms with E-state index in [1.54, 1.807) is 0 Å². The average molecular weight is 228 g/mol. The van der Waals surface area contributed by atoms with Crippen LogP contribution in [0.1, 0.15) is 6.42 Å². The van der Waals surface area contributed by atoms with E-state index in [-0.39, 0.29) is 6.42 Å². The van der Waals surface area contributed by atoms with Crippen LogP contribution in [0.15, 0.2) is 23.5 Å². The van der Waals surface area contributed by atoms with Crippen LogP contribution in [0.25, 0.3) is 0 Å². The number of carbonyl (C=O) groups excluding carboxylic acids is 1. The lowest BCUT2D eigenvalue weighted by Gasteiger charge is -2.18. The van der Waals surface area contributed by atoms with Gasteiger partial charge in [-0.05, 0) is 6.08 Å². The number of ether oxygens (including phenoxy) is 1. The molecular weight excluding hydrogens is 220 g/mol. The number of carboxylic acids is 2. The molecule has 0 spiro atoms. The Bertz CT molecular complexity index is 404. The van der Waals surface area contributed by atoms with E-state index in [1.165, 1.54) is 6.08 Å². The highest BCUT2D eigenvalue weighted by molar-refractivity contribution is 6.28. The predicted molar refractivity (Wildman–Crippen MR) is 48.6 cm³/mol. The molecule has 0 aliphatic heterocycles. The zero-order valence-electron chi connectivity index (χ0n) is 7.91. The Kier molecular flexibility index (Phi) is 3.29. The molecule has 1 rings (SSSR count). The summed E-state index contributed by atoms with van der Waals surface area (Å²) in [4.78, 5) is 31.5. The minimum atomic E-state index is -1.81. The summed E-state index contributed by atoms with van der Waals surface area (Å²) in [5, 5.41) is 26.3. The maximum atomic E-state index is 10.7. The first-order chi connectivity index (χ1) is 7.43. The highest BCUT2D eigenvalue weighted by Gasteiger charge is 2.28. The first-order valence-corrected chi connectivity index (χ1v) is 4.20.